The fourth-order valence-corrected chi connectivity index (χ4v) is 2.32. The maximum atomic E-state index is 12.1. The molecule has 1 fully saturated rings. The van der Waals surface area contributed by atoms with E-state index in [9.17, 15) is 4.79 Å². The van der Waals surface area contributed by atoms with Gasteiger partial charge in [0.25, 0.3) is 0 Å². The van der Waals surface area contributed by atoms with Crippen LogP contribution in [0.15, 0.2) is 0 Å². The third-order valence-electron chi connectivity index (χ3n) is 3.22. The predicted octanol–water partition coefficient (Wildman–Crippen LogP) is 1.71. The normalized spacial score (nSPS) is 19.8. The molecule has 112 valence electrons. The first-order valence-corrected chi connectivity index (χ1v) is 7.34. The van der Waals surface area contributed by atoms with Crippen LogP contribution in [0.1, 0.15) is 46.5 Å². The van der Waals surface area contributed by atoms with Gasteiger partial charge >= 0.3 is 6.09 Å². The molecule has 19 heavy (non-hydrogen) atoms. The summed E-state index contributed by atoms with van der Waals surface area (Å²) in [5.41, 5.74) is 5.03. The number of hydrogen-bond acceptors (Lipinski definition) is 4. The average molecular weight is 271 g/mol. The van der Waals surface area contributed by atoms with Gasteiger partial charge in [0.15, 0.2) is 0 Å². The van der Waals surface area contributed by atoms with Crippen molar-refractivity contribution in [2.45, 2.75) is 58.1 Å². The van der Waals surface area contributed by atoms with Gasteiger partial charge in [-0.1, -0.05) is 0 Å². The maximum Gasteiger partial charge on any atom is 0.410 e. The molecule has 0 saturated carbocycles. The lowest BCUT2D eigenvalue weighted by atomic mass is 10.1. The summed E-state index contributed by atoms with van der Waals surface area (Å²) in [6.45, 7) is 9.15. The van der Waals surface area contributed by atoms with Crippen molar-refractivity contribution >= 4 is 6.09 Å². The van der Waals surface area contributed by atoms with Gasteiger partial charge in [-0.3, -0.25) is 0 Å². The van der Waals surface area contributed by atoms with Crippen LogP contribution in [0.3, 0.4) is 0 Å². The molecule has 0 radical (unpaired) electrons. The molecule has 1 aliphatic rings. The lowest BCUT2D eigenvalue weighted by Crippen LogP contribution is -2.41. The second-order valence-electron chi connectivity index (χ2n) is 6.15. The van der Waals surface area contributed by atoms with Crippen LogP contribution in [0.25, 0.3) is 0 Å². The number of hydrogen-bond donors (Lipinski definition) is 2. The zero-order valence-electron chi connectivity index (χ0n) is 12.6. The van der Waals surface area contributed by atoms with Gasteiger partial charge in [0.2, 0.25) is 0 Å². The molecule has 1 atom stereocenters. The largest absolute Gasteiger partial charge is 0.444 e. The quantitative estimate of drug-likeness (QED) is 0.722. The van der Waals surface area contributed by atoms with Crippen molar-refractivity contribution in [3.63, 3.8) is 0 Å². The van der Waals surface area contributed by atoms with Crippen LogP contribution in [0, 0.1) is 0 Å². The van der Waals surface area contributed by atoms with Crippen LogP contribution < -0.4 is 11.1 Å². The van der Waals surface area contributed by atoms with Crippen LogP contribution in [-0.4, -0.2) is 48.8 Å². The molecule has 0 aliphatic carbocycles. The van der Waals surface area contributed by atoms with Gasteiger partial charge in [-0.15, -0.1) is 0 Å². The minimum Gasteiger partial charge on any atom is -0.444 e. The Hall–Kier alpha value is -0.810. The first-order valence-electron chi connectivity index (χ1n) is 7.34. The standard InChI is InChI=1S/C14H29N3O2/c1-14(2,3)19-13(18)17-11-4-6-12(17)7-10-16-9-5-8-15/h12,16H,4-11,15H2,1-3H3. The van der Waals surface area contributed by atoms with E-state index in [0.29, 0.717) is 6.04 Å². The smallest absolute Gasteiger partial charge is 0.410 e. The number of amides is 1. The van der Waals surface area contributed by atoms with Crippen molar-refractivity contribution in [2.75, 3.05) is 26.2 Å². The molecular formula is C14H29N3O2. The Bertz CT molecular complexity index is 276. The van der Waals surface area contributed by atoms with E-state index in [1.54, 1.807) is 0 Å². The predicted molar refractivity (Wildman–Crippen MR) is 77.1 cm³/mol. The van der Waals surface area contributed by atoms with E-state index in [2.05, 4.69) is 5.32 Å². The van der Waals surface area contributed by atoms with Crippen molar-refractivity contribution in [1.29, 1.82) is 0 Å². The Labute approximate surface area is 116 Å². The number of likely N-dealkylation sites (tertiary alicyclic amines) is 1. The minimum absolute atomic E-state index is 0.169. The number of carbonyl (C=O) groups is 1. The molecule has 5 heteroatoms. The fourth-order valence-electron chi connectivity index (χ4n) is 2.32. The second kappa shape index (κ2) is 7.70. The highest BCUT2D eigenvalue weighted by molar-refractivity contribution is 5.68. The molecule has 1 heterocycles. The molecule has 0 aromatic carbocycles. The molecule has 1 amide bonds. The monoisotopic (exact) mass is 271 g/mol. The highest BCUT2D eigenvalue weighted by Crippen LogP contribution is 2.22. The second-order valence-corrected chi connectivity index (χ2v) is 6.15. The van der Waals surface area contributed by atoms with Crippen LogP contribution in [0.5, 0.6) is 0 Å². The van der Waals surface area contributed by atoms with Gasteiger partial charge in [0.05, 0.1) is 0 Å². The summed E-state index contributed by atoms with van der Waals surface area (Å²) in [4.78, 5) is 14.0. The Morgan fingerprint density at radius 3 is 2.79 bits per heavy atom. The third-order valence-corrected chi connectivity index (χ3v) is 3.22. The summed E-state index contributed by atoms with van der Waals surface area (Å²) < 4.78 is 5.45. The van der Waals surface area contributed by atoms with E-state index in [-0.39, 0.29) is 6.09 Å². The summed E-state index contributed by atoms with van der Waals surface area (Å²) in [6, 6.07) is 0.320. The summed E-state index contributed by atoms with van der Waals surface area (Å²) in [5.74, 6) is 0. The average Bonchev–Trinajstić information content (AvgIpc) is 2.75. The molecule has 5 nitrogen and oxygen atoms in total. The van der Waals surface area contributed by atoms with Crippen LogP contribution in [-0.2, 0) is 4.74 Å². The van der Waals surface area contributed by atoms with E-state index in [0.717, 1.165) is 51.9 Å². The number of carbonyl (C=O) groups excluding carboxylic acids is 1. The fraction of sp³-hybridized carbons (Fsp3) is 0.929. The van der Waals surface area contributed by atoms with Crippen molar-refractivity contribution in [3.05, 3.63) is 0 Å². The minimum atomic E-state index is -0.413. The van der Waals surface area contributed by atoms with E-state index in [1.807, 2.05) is 25.7 Å². The van der Waals surface area contributed by atoms with Crippen molar-refractivity contribution in [3.8, 4) is 0 Å². The molecule has 1 saturated heterocycles. The van der Waals surface area contributed by atoms with Gasteiger partial charge < -0.3 is 20.7 Å². The van der Waals surface area contributed by atoms with Gasteiger partial charge in [0.1, 0.15) is 5.60 Å². The molecule has 1 rings (SSSR count). The highest BCUT2D eigenvalue weighted by Gasteiger charge is 2.31. The number of ether oxygens (including phenoxy) is 1. The first-order chi connectivity index (χ1) is 8.94. The maximum absolute atomic E-state index is 12.1. The SMILES string of the molecule is CC(C)(C)OC(=O)N1CCCC1CCNCCCN. The molecule has 3 N–H and O–H groups in total. The summed E-state index contributed by atoms with van der Waals surface area (Å²) in [6.07, 6.45) is 3.98. The molecule has 0 aromatic heterocycles. The van der Waals surface area contributed by atoms with Crippen LogP contribution in [0.4, 0.5) is 4.79 Å². The number of nitrogens with zero attached hydrogens (tertiary/aromatic N) is 1. The van der Waals surface area contributed by atoms with Crippen molar-refractivity contribution in [2.24, 2.45) is 5.73 Å². The summed E-state index contributed by atoms with van der Waals surface area (Å²) in [7, 11) is 0. The summed E-state index contributed by atoms with van der Waals surface area (Å²) in [5, 5.41) is 3.36. The summed E-state index contributed by atoms with van der Waals surface area (Å²) >= 11 is 0. The molecule has 1 unspecified atom stereocenters. The Balaban J connectivity index is 2.31. The Kier molecular flexibility index (Phi) is 6.58. The van der Waals surface area contributed by atoms with Gasteiger partial charge in [-0.05, 0) is 66.1 Å². The lowest BCUT2D eigenvalue weighted by molar-refractivity contribution is 0.0221. The van der Waals surface area contributed by atoms with Crippen LogP contribution >= 0.6 is 0 Å². The Morgan fingerprint density at radius 1 is 1.42 bits per heavy atom. The molecule has 0 bridgehead atoms. The number of nitrogens with two attached hydrogens (primary N) is 1. The van der Waals surface area contributed by atoms with E-state index in [4.69, 9.17) is 10.5 Å². The molecular weight excluding hydrogens is 242 g/mol. The van der Waals surface area contributed by atoms with Gasteiger partial charge in [-0.25, -0.2) is 4.79 Å². The van der Waals surface area contributed by atoms with E-state index < -0.39 is 5.60 Å². The Morgan fingerprint density at radius 2 is 2.16 bits per heavy atom. The molecule has 0 spiro atoms. The molecule has 1 aliphatic heterocycles. The van der Waals surface area contributed by atoms with Gasteiger partial charge in [-0.2, -0.15) is 0 Å². The van der Waals surface area contributed by atoms with E-state index in [1.165, 1.54) is 0 Å². The highest BCUT2D eigenvalue weighted by atomic mass is 16.6. The van der Waals surface area contributed by atoms with Crippen molar-refractivity contribution < 1.29 is 9.53 Å². The number of nitrogens with one attached hydrogen (secondary N) is 1. The lowest BCUT2D eigenvalue weighted by Gasteiger charge is -2.28. The van der Waals surface area contributed by atoms with Crippen LogP contribution in [0.2, 0.25) is 0 Å². The van der Waals surface area contributed by atoms with Crippen molar-refractivity contribution in [1.82, 2.24) is 10.2 Å². The van der Waals surface area contributed by atoms with Gasteiger partial charge in [0, 0.05) is 12.6 Å². The number of rotatable bonds is 6. The molecule has 0 aromatic rings. The zero-order valence-corrected chi connectivity index (χ0v) is 12.6. The third kappa shape index (κ3) is 6.25. The van der Waals surface area contributed by atoms with E-state index >= 15 is 0 Å². The topological polar surface area (TPSA) is 67.6 Å². The zero-order chi connectivity index (χ0) is 14.3. The first kappa shape index (κ1) is 16.2.